The number of benzene rings is 1. The van der Waals surface area contributed by atoms with E-state index in [1.54, 1.807) is 6.20 Å². The number of hydrogen-bond donors (Lipinski definition) is 2. The molecule has 0 radical (unpaired) electrons. The summed E-state index contributed by atoms with van der Waals surface area (Å²) < 4.78 is 1.81. The van der Waals surface area contributed by atoms with E-state index in [4.69, 9.17) is 5.73 Å². The number of nitrogens with one attached hydrogen (secondary N) is 1. The van der Waals surface area contributed by atoms with Crippen LogP contribution in [0.4, 0.5) is 5.69 Å². The third kappa shape index (κ3) is 1.11. The number of aryl methyl sites for hydroxylation is 1. The van der Waals surface area contributed by atoms with Crippen molar-refractivity contribution in [3.05, 3.63) is 30.5 Å². The molecular weight excluding hydrogens is 202 g/mol. The number of nitrogens with two attached hydrogens (primary N) is 1. The van der Waals surface area contributed by atoms with Crippen molar-refractivity contribution in [3.63, 3.8) is 0 Å². The molecule has 0 aliphatic rings. The van der Waals surface area contributed by atoms with Crippen LogP contribution in [0.15, 0.2) is 30.5 Å². The van der Waals surface area contributed by atoms with E-state index < -0.39 is 0 Å². The van der Waals surface area contributed by atoms with Gasteiger partial charge in [-0.3, -0.25) is 9.78 Å². The van der Waals surface area contributed by atoms with Crippen LogP contribution in [-0.2, 0) is 7.05 Å². The summed E-state index contributed by atoms with van der Waals surface area (Å²) in [6, 6.07) is 7.96. The van der Waals surface area contributed by atoms with Crippen molar-refractivity contribution >= 4 is 16.6 Å². The van der Waals surface area contributed by atoms with Crippen molar-refractivity contribution in [2.24, 2.45) is 7.05 Å². The molecule has 3 aromatic rings. The Labute approximate surface area is 91.9 Å². The second-order valence-electron chi connectivity index (χ2n) is 3.69. The first-order chi connectivity index (χ1) is 7.77. The third-order valence-electron chi connectivity index (χ3n) is 2.65. The average Bonchev–Trinajstić information content (AvgIpc) is 2.81. The molecular formula is C11H11N5. The van der Waals surface area contributed by atoms with Crippen LogP contribution in [0.25, 0.3) is 22.3 Å². The molecule has 5 heteroatoms. The van der Waals surface area contributed by atoms with Crippen molar-refractivity contribution in [3.8, 4) is 11.4 Å². The second kappa shape index (κ2) is 3.10. The van der Waals surface area contributed by atoms with Crippen molar-refractivity contribution in [2.45, 2.75) is 0 Å². The summed E-state index contributed by atoms with van der Waals surface area (Å²) in [5.74, 6) is 0. The Hall–Kier alpha value is -2.30. The molecule has 0 amide bonds. The molecule has 0 saturated heterocycles. The van der Waals surface area contributed by atoms with Crippen LogP contribution >= 0.6 is 0 Å². The van der Waals surface area contributed by atoms with E-state index in [1.165, 1.54) is 0 Å². The average molecular weight is 213 g/mol. The van der Waals surface area contributed by atoms with Gasteiger partial charge in [-0.1, -0.05) is 18.2 Å². The van der Waals surface area contributed by atoms with E-state index in [2.05, 4.69) is 15.3 Å². The fourth-order valence-corrected chi connectivity index (χ4v) is 1.93. The van der Waals surface area contributed by atoms with E-state index in [9.17, 15) is 0 Å². The van der Waals surface area contributed by atoms with Crippen molar-refractivity contribution in [1.82, 2.24) is 20.0 Å². The molecule has 3 N–H and O–H groups in total. The zero-order valence-electron chi connectivity index (χ0n) is 8.81. The van der Waals surface area contributed by atoms with Gasteiger partial charge in [0.25, 0.3) is 0 Å². The topological polar surface area (TPSA) is 72.5 Å². The Morgan fingerprint density at radius 1 is 1.31 bits per heavy atom. The molecule has 0 spiro atoms. The van der Waals surface area contributed by atoms with Crippen LogP contribution < -0.4 is 5.73 Å². The lowest BCUT2D eigenvalue weighted by atomic mass is 10.1. The lowest BCUT2D eigenvalue weighted by Crippen LogP contribution is -1.96. The summed E-state index contributed by atoms with van der Waals surface area (Å²) in [5.41, 5.74) is 9.22. The number of anilines is 1. The van der Waals surface area contributed by atoms with Crippen molar-refractivity contribution < 1.29 is 0 Å². The molecule has 1 aromatic carbocycles. The molecule has 3 rings (SSSR count). The lowest BCUT2D eigenvalue weighted by molar-refractivity contribution is 0.784. The highest BCUT2D eigenvalue weighted by atomic mass is 15.3. The van der Waals surface area contributed by atoms with E-state index in [1.807, 2.05) is 36.0 Å². The number of nitrogen functional groups attached to an aromatic ring is 1. The van der Waals surface area contributed by atoms with Gasteiger partial charge < -0.3 is 5.73 Å². The van der Waals surface area contributed by atoms with Crippen LogP contribution in [0.2, 0.25) is 0 Å². The van der Waals surface area contributed by atoms with Crippen LogP contribution in [-0.4, -0.2) is 20.0 Å². The predicted octanol–water partition coefficient (Wildman–Crippen LogP) is 1.55. The number of aromatic nitrogens is 4. The SMILES string of the molecule is Cn1nc2ccccc2c1-c1[nH]ncc1N. The molecule has 2 heterocycles. The van der Waals surface area contributed by atoms with Gasteiger partial charge in [-0.2, -0.15) is 10.2 Å². The maximum absolute atomic E-state index is 5.86. The Kier molecular flexibility index (Phi) is 1.73. The monoisotopic (exact) mass is 213 g/mol. The molecule has 0 fully saturated rings. The number of fused-ring (bicyclic) bond motifs is 1. The minimum Gasteiger partial charge on any atom is -0.396 e. The van der Waals surface area contributed by atoms with Gasteiger partial charge in [0.1, 0.15) is 5.69 Å². The van der Waals surface area contributed by atoms with E-state index in [-0.39, 0.29) is 0 Å². The molecule has 0 unspecified atom stereocenters. The normalized spacial score (nSPS) is 11.1. The minimum atomic E-state index is 0.633. The number of rotatable bonds is 1. The molecule has 0 aliphatic heterocycles. The van der Waals surface area contributed by atoms with Crippen molar-refractivity contribution in [1.29, 1.82) is 0 Å². The van der Waals surface area contributed by atoms with Crippen LogP contribution in [0.3, 0.4) is 0 Å². The van der Waals surface area contributed by atoms with Gasteiger partial charge in [0, 0.05) is 12.4 Å². The largest absolute Gasteiger partial charge is 0.396 e. The van der Waals surface area contributed by atoms with Gasteiger partial charge in [-0.05, 0) is 6.07 Å². The van der Waals surface area contributed by atoms with Gasteiger partial charge in [0.05, 0.1) is 23.1 Å². The lowest BCUT2D eigenvalue weighted by Gasteiger charge is -2.00. The summed E-state index contributed by atoms with van der Waals surface area (Å²) >= 11 is 0. The highest BCUT2D eigenvalue weighted by Gasteiger charge is 2.14. The molecule has 5 nitrogen and oxygen atoms in total. The Bertz CT molecular complexity index is 649. The van der Waals surface area contributed by atoms with E-state index in [0.29, 0.717) is 5.69 Å². The minimum absolute atomic E-state index is 0.633. The molecule has 2 aromatic heterocycles. The van der Waals surface area contributed by atoms with Crippen LogP contribution in [0.5, 0.6) is 0 Å². The summed E-state index contributed by atoms with van der Waals surface area (Å²) in [4.78, 5) is 0. The zero-order chi connectivity index (χ0) is 11.1. The standard InChI is InChI=1S/C11H11N5/c1-16-11(10-8(12)6-13-14-10)7-4-2-3-5-9(7)15-16/h2-6H,12H2,1H3,(H,13,14). The highest BCUT2D eigenvalue weighted by Crippen LogP contribution is 2.29. The first-order valence-electron chi connectivity index (χ1n) is 4.98. The summed E-state index contributed by atoms with van der Waals surface area (Å²) in [6.45, 7) is 0. The van der Waals surface area contributed by atoms with Crippen molar-refractivity contribution in [2.75, 3.05) is 5.73 Å². The summed E-state index contributed by atoms with van der Waals surface area (Å²) in [5, 5.41) is 12.3. The molecule has 0 aliphatic carbocycles. The molecule has 16 heavy (non-hydrogen) atoms. The van der Waals surface area contributed by atoms with Crippen LogP contribution in [0.1, 0.15) is 0 Å². The van der Waals surface area contributed by atoms with Crippen LogP contribution in [0, 0.1) is 0 Å². The summed E-state index contributed by atoms with van der Waals surface area (Å²) in [7, 11) is 1.90. The highest BCUT2D eigenvalue weighted by molar-refractivity contribution is 5.94. The zero-order valence-corrected chi connectivity index (χ0v) is 8.81. The maximum Gasteiger partial charge on any atom is 0.107 e. The fourth-order valence-electron chi connectivity index (χ4n) is 1.93. The Balaban J connectivity index is 2.39. The molecule has 0 atom stereocenters. The number of hydrogen-bond acceptors (Lipinski definition) is 3. The fraction of sp³-hybridized carbons (Fsp3) is 0.0909. The molecule has 0 saturated carbocycles. The quantitative estimate of drug-likeness (QED) is 0.644. The van der Waals surface area contributed by atoms with E-state index >= 15 is 0 Å². The van der Waals surface area contributed by atoms with E-state index in [0.717, 1.165) is 22.3 Å². The van der Waals surface area contributed by atoms with Gasteiger partial charge in [-0.25, -0.2) is 0 Å². The maximum atomic E-state index is 5.86. The second-order valence-corrected chi connectivity index (χ2v) is 3.69. The summed E-state index contributed by atoms with van der Waals surface area (Å²) in [6.07, 6.45) is 1.61. The first kappa shape index (κ1) is 8.96. The molecule has 0 bridgehead atoms. The third-order valence-corrected chi connectivity index (χ3v) is 2.65. The smallest absolute Gasteiger partial charge is 0.107 e. The number of nitrogens with zero attached hydrogens (tertiary/aromatic N) is 3. The molecule has 80 valence electrons. The predicted molar refractivity (Wildman–Crippen MR) is 62.7 cm³/mol. The van der Waals surface area contributed by atoms with Gasteiger partial charge in [0.15, 0.2) is 0 Å². The first-order valence-corrected chi connectivity index (χ1v) is 4.98. The Morgan fingerprint density at radius 2 is 2.12 bits per heavy atom. The Morgan fingerprint density at radius 3 is 2.88 bits per heavy atom. The number of H-pyrrole nitrogens is 1. The van der Waals surface area contributed by atoms with Gasteiger partial charge in [0.2, 0.25) is 0 Å². The van der Waals surface area contributed by atoms with Gasteiger partial charge in [-0.15, -0.1) is 0 Å². The number of aromatic amines is 1. The van der Waals surface area contributed by atoms with Gasteiger partial charge >= 0.3 is 0 Å².